The van der Waals surface area contributed by atoms with Crippen LogP contribution in [0.3, 0.4) is 0 Å². The van der Waals surface area contributed by atoms with E-state index in [4.69, 9.17) is 0 Å². The van der Waals surface area contributed by atoms with Gasteiger partial charge in [-0.15, -0.1) is 0 Å². The van der Waals surface area contributed by atoms with Crippen LogP contribution in [0.15, 0.2) is 41.6 Å². The number of piperidine rings is 1. The number of nitrogens with zero attached hydrogens (tertiary/aromatic N) is 7. The van der Waals surface area contributed by atoms with Crippen LogP contribution in [0.5, 0.6) is 0 Å². The Morgan fingerprint density at radius 3 is 2.61 bits per heavy atom. The Bertz CT molecular complexity index is 1140. The molecule has 2 aliphatic rings. The fourth-order valence-electron chi connectivity index (χ4n) is 5.17. The Kier molecular flexibility index (Phi) is 5.09. The van der Waals surface area contributed by atoms with Gasteiger partial charge in [0.1, 0.15) is 0 Å². The molecule has 1 saturated heterocycles. The summed E-state index contributed by atoms with van der Waals surface area (Å²) in [4.78, 5) is 26.6. The normalized spacial score (nSPS) is 20.2. The molecule has 5 heterocycles. The van der Waals surface area contributed by atoms with E-state index < -0.39 is 0 Å². The second-order valence-electron chi connectivity index (χ2n) is 9.04. The number of pyridine rings is 1. The van der Waals surface area contributed by atoms with Gasteiger partial charge in [0.15, 0.2) is 0 Å². The van der Waals surface area contributed by atoms with Crippen LogP contribution in [0.2, 0.25) is 0 Å². The zero-order valence-electron chi connectivity index (χ0n) is 18.4. The summed E-state index contributed by atoms with van der Waals surface area (Å²) in [5, 5.41) is 4.42. The fourth-order valence-corrected chi connectivity index (χ4v) is 5.17. The molecule has 2 bridgehead atoms. The van der Waals surface area contributed by atoms with E-state index in [9.17, 15) is 4.79 Å². The number of fused-ring (bicyclic) bond motifs is 4. The van der Waals surface area contributed by atoms with Gasteiger partial charge in [-0.05, 0) is 38.4 Å². The van der Waals surface area contributed by atoms with Crippen molar-refractivity contribution in [3.8, 4) is 0 Å². The summed E-state index contributed by atoms with van der Waals surface area (Å²) in [6, 6.07) is 6.03. The molecule has 0 N–H and O–H groups in total. The van der Waals surface area contributed by atoms with E-state index >= 15 is 0 Å². The topological polar surface area (TPSA) is 72.1 Å². The van der Waals surface area contributed by atoms with Gasteiger partial charge in [-0.2, -0.15) is 5.10 Å². The molecule has 3 aromatic rings. The maximum Gasteiger partial charge on any atom is 0.255 e. The third-order valence-corrected chi connectivity index (χ3v) is 6.51. The van der Waals surface area contributed by atoms with Crippen molar-refractivity contribution in [1.82, 2.24) is 29.2 Å². The third kappa shape index (κ3) is 3.87. The van der Waals surface area contributed by atoms with Crippen LogP contribution in [-0.2, 0) is 26.7 Å². The molecule has 1 fully saturated rings. The average Bonchev–Trinajstić information content (AvgIpc) is 3.07. The summed E-state index contributed by atoms with van der Waals surface area (Å²) in [6.45, 7) is 5.97. The van der Waals surface area contributed by atoms with Gasteiger partial charge in [0.25, 0.3) is 5.56 Å². The van der Waals surface area contributed by atoms with Crippen LogP contribution in [0, 0.1) is 12.8 Å². The number of aryl methyl sites for hydroxylation is 2. The van der Waals surface area contributed by atoms with Gasteiger partial charge in [-0.1, -0.05) is 6.07 Å². The van der Waals surface area contributed by atoms with E-state index in [1.807, 2.05) is 35.4 Å². The highest BCUT2D eigenvalue weighted by Gasteiger charge is 2.35. The van der Waals surface area contributed by atoms with Crippen molar-refractivity contribution in [1.29, 1.82) is 0 Å². The summed E-state index contributed by atoms with van der Waals surface area (Å²) >= 11 is 0. The molecule has 0 radical (unpaired) electrons. The molecule has 0 unspecified atom stereocenters. The van der Waals surface area contributed by atoms with E-state index in [0.717, 1.165) is 55.5 Å². The lowest BCUT2D eigenvalue weighted by molar-refractivity contribution is 0.275. The first kappa shape index (κ1) is 19.9. The molecule has 0 amide bonds. The molecule has 0 aromatic carbocycles. The number of hydrogen-bond acceptors (Lipinski definition) is 6. The smallest absolute Gasteiger partial charge is 0.255 e. The van der Waals surface area contributed by atoms with Crippen molar-refractivity contribution in [3.05, 3.63) is 69.7 Å². The van der Waals surface area contributed by atoms with Crippen molar-refractivity contribution in [2.45, 2.75) is 38.9 Å². The van der Waals surface area contributed by atoms with Crippen molar-refractivity contribution < 1.29 is 0 Å². The predicted molar refractivity (Wildman–Crippen MR) is 119 cm³/mol. The van der Waals surface area contributed by atoms with Crippen LogP contribution in [-0.4, -0.2) is 49.4 Å². The van der Waals surface area contributed by atoms with Crippen LogP contribution >= 0.6 is 0 Å². The summed E-state index contributed by atoms with van der Waals surface area (Å²) in [6.07, 6.45) is 6.76. The molecule has 0 spiro atoms. The maximum atomic E-state index is 13.3. The van der Waals surface area contributed by atoms with E-state index in [0.29, 0.717) is 18.4 Å². The lowest BCUT2D eigenvalue weighted by Crippen LogP contribution is -2.48. The zero-order valence-corrected chi connectivity index (χ0v) is 18.4. The molecule has 2 atom stereocenters. The van der Waals surface area contributed by atoms with Crippen LogP contribution in [0.25, 0.3) is 0 Å². The highest BCUT2D eigenvalue weighted by molar-refractivity contribution is 5.34. The lowest BCUT2D eigenvalue weighted by Gasteiger charge is -2.42. The Morgan fingerprint density at radius 2 is 1.87 bits per heavy atom. The molecular weight excluding hydrogens is 390 g/mol. The Balaban J connectivity index is 1.35. The number of rotatable bonds is 5. The highest BCUT2D eigenvalue weighted by atomic mass is 16.1. The molecule has 0 aliphatic carbocycles. The second kappa shape index (κ2) is 7.92. The van der Waals surface area contributed by atoms with Gasteiger partial charge in [0, 0.05) is 81.1 Å². The largest absolute Gasteiger partial charge is 0.340 e. The van der Waals surface area contributed by atoms with Gasteiger partial charge in [-0.3, -0.25) is 14.4 Å². The minimum atomic E-state index is 0.159. The minimum Gasteiger partial charge on any atom is -0.340 e. The Hall–Kier alpha value is -3.00. The molecule has 2 aliphatic heterocycles. The summed E-state index contributed by atoms with van der Waals surface area (Å²) < 4.78 is 3.87. The van der Waals surface area contributed by atoms with Gasteiger partial charge >= 0.3 is 0 Å². The Morgan fingerprint density at radius 1 is 1.10 bits per heavy atom. The summed E-state index contributed by atoms with van der Waals surface area (Å²) in [5.74, 6) is 1.57. The maximum absolute atomic E-state index is 13.3. The molecular formula is C23H29N7O. The quantitative estimate of drug-likeness (QED) is 0.629. The van der Waals surface area contributed by atoms with Crippen LogP contribution in [0.4, 0.5) is 5.95 Å². The fraction of sp³-hybridized carbons (Fsp3) is 0.478. The lowest BCUT2D eigenvalue weighted by atomic mass is 9.83. The van der Waals surface area contributed by atoms with E-state index in [1.54, 1.807) is 12.4 Å². The van der Waals surface area contributed by atoms with E-state index in [2.05, 4.69) is 44.2 Å². The van der Waals surface area contributed by atoms with Gasteiger partial charge in [-0.25, -0.2) is 9.97 Å². The first-order valence-corrected chi connectivity index (χ1v) is 10.9. The number of aromatic nitrogens is 5. The van der Waals surface area contributed by atoms with Crippen molar-refractivity contribution >= 4 is 5.95 Å². The molecule has 8 heteroatoms. The summed E-state index contributed by atoms with van der Waals surface area (Å²) in [5.41, 5.74) is 4.40. The minimum absolute atomic E-state index is 0.159. The molecule has 31 heavy (non-hydrogen) atoms. The predicted octanol–water partition coefficient (Wildman–Crippen LogP) is 1.94. The van der Waals surface area contributed by atoms with Gasteiger partial charge in [0.2, 0.25) is 5.95 Å². The SMILES string of the molecule is Cc1nn(C)cc1CN(C)Cc1ccc2n(c1=O)C[C@H]1C[C@@H]2CN(c2ncccn2)C1. The van der Waals surface area contributed by atoms with Crippen molar-refractivity contribution in [2.75, 3.05) is 25.0 Å². The molecule has 3 aromatic heterocycles. The molecule has 0 saturated carbocycles. The van der Waals surface area contributed by atoms with E-state index in [1.165, 1.54) is 5.56 Å². The Labute approximate surface area is 182 Å². The number of hydrogen-bond donors (Lipinski definition) is 0. The van der Waals surface area contributed by atoms with Gasteiger partial charge < -0.3 is 9.47 Å². The van der Waals surface area contributed by atoms with E-state index in [-0.39, 0.29) is 5.56 Å². The van der Waals surface area contributed by atoms with Crippen LogP contribution in [0.1, 0.15) is 34.9 Å². The molecule has 162 valence electrons. The number of anilines is 1. The third-order valence-electron chi connectivity index (χ3n) is 6.51. The molecule has 5 rings (SSSR count). The first-order chi connectivity index (χ1) is 15.0. The van der Waals surface area contributed by atoms with Gasteiger partial charge in [0.05, 0.1) is 5.69 Å². The van der Waals surface area contributed by atoms with Crippen LogP contribution < -0.4 is 10.5 Å². The second-order valence-corrected chi connectivity index (χ2v) is 9.04. The highest BCUT2D eigenvalue weighted by Crippen LogP contribution is 2.36. The molecule has 8 nitrogen and oxygen atoms in total. The van der Waals surface area contributed by atoms with Crippen molar-refractivity contribution in [2.24, 2.45) is 13.0 Å². The standard InChI is InChI=1S/C23H29N7O/c1-16-20(14-28(3)26-16)13-27(2)12-18-5-6-21-19-9-17(11-30(21)22(18)31)10-29(15-19)23-24-7-4-8-25-23/h4-8,14,17,19H,9-13,15H2,1-3H3/t17-,19+/m0/s1. The monoisotopic (exact) mass is 419 g/mol. The zero-order chi connectivity index (χ0) is 21.5. The average molecular weight is 420 g/mol. The van der Waals surface area contributed by atoms with Crippen molar-refractivity contribution in [3.63, 3.8) is 0 Å². The summed E-state index contributed by atoms with van der Waals surface area (Å²) in [7, 11) is 4.00. The first-order valence-electron chi connectivity index (χ1n) is 10.9.